The van der Waals surface area contributed by atoms with Crippen molar-refractivity contribution in [1.82, 2.24) is 5.32 Å². The van der Waals surface area contributed by atoms with Crippen LogP contribution in [0, 0.1) is 11.7 Å². The van der Waals surface area contributed by atoms with Crippen LogP contribution < -0.4 is 5.32 Å². The molecular formula is C15H21ClFN. The Balaban J connectivity index is 1.62. The second-order valence-corrected chi connectivity index (χ2v) is 5.61. The number of hydrogen-bond donors (Lipinski definition) is 1. The van der Waals surface area contributed by atoms with Gasteiger partial charge < -0.3 is 5.32 Å². The van der Waals surface area contributed by atoms with Gasteiger partial charge >= 0.3 is 0 Å². The van der Waals surface area contributed by atoms with Crippen molar-refractivity contribution in [3.05, 3.63) is 34.6 Å². The average Bonchev–Trinajstić information content (AvgIpc) is 2.84. The molecule has 0 aliphatic heterocycles. The highest BCUT2D eigenvalue weighted by molar-refractivity contribution is 6.31. The molecule has 0 atom stereocenters. The summed E-state index contributed by atoms with van der Waals surface area (Å²) < 4.78 is 12.9. The second kappa shape index (κ2) is 7.10. The lowest BCUT2D eigenvalue weighted by molar-refractivity contribution is 0.470. The monoisotopic (exact) mass is 269 g/mol. The molecule has 1 aromatic carbocycles. The predicted molar refractivity (Wildman–Crippen MR) is 74.3 cm³/mol. The summed E-state index contributed by atoms with van der Waals surface area (Å²) in [6.45, 7) is 1.74. The van der Waals surface area contributed by atoms with Gasteiger partial charge in [-0.2, -0.15) is 0 Å². The van der Waals surface area contributed by atoms with E-state index in [0.29, 0.717) is 5.02 Å². The minimum absolute atomic E-state index is 0.273. The molecule has 18 heavy (non-hydrogen) atoms. The first kappa shape index (κ1) is 13.8. The summed E-state index contributed by atoms with van der Waals surface area (Å²) in [7, 11) is 0. The molecule has 0 aromatic heterocycles. The number of halogens is 2. The third kappa shape index (κ3) is 4.25. The fourth-order valence-corrected chi connectivity index (χ4v) is 2.94. The fraction of sp³-hybridized carbons (Fsp3) is 0.600. The molecule has 0 amide bonds. The van der Waals surface area contributed by atoms with E-state index in [1.165, 1.54) is 50.7 Å². The summed E-state index contributed by atoms with van der Waals surface area (Å²) in [5.74, 6) is 0.686. The molecule has 1 aromatic rings. The van der Waals surface area contributed by atoms with Crippen molar-refractivity contribution >= 4 is 11.6 Å². The molecule has 1 fully saturated rings. The third-order valence-corrected chi connectivity index (χ3v) is 4.12. The highest BCUT2D eigenvalue weighted by Crippen LogP contribution is 2.28. The highest BCUT2D eigenvalue weighted by Gasteiger charge is 2.13. The van der Waals surface area contributed by atoms with Gasteiger partial charge in [0.15, 0.2) is 0 Å². The molecule has 0 heterocycles. The summed E-state index contributed by atoms with van der Waals surface area (Å²) in [6, 6.07) is 4.58. The quantitative estimate of drug-likeness (QED) is 0.748. The van der Waals surface area contributed by atoms with Gasteiger partial charge in [0.1, 0.15) is 5.82 Å². The van der Waals surface area contributed by atoms with Gasteiger partial charge in [0.05, 0.1) is 0 Å². The zero-order valence-corrected chi connectivity index (χ0v) is 11.5. The Bertz CT molecular complexity index is 375. The minimum Gasteiger partial charge on any atom is -0.313 e. The Morgan fingerprint density at radius 3 is 2.78 bits per heavy atom. The zero-order chi connectivity index (χ0) is 12.8. The maximum Gasteiger partial charge on any atom is 0.124 e. The maximum atomic E-state index is 12.9. The van der Waals surface area contributed by atoms with E-state index in [2.05, 4.69) is 5.32 Å². The van der Waals surface area contributed by atoms with E-state index < -0.39 is 0 Å². The Labute approximate surface area is 114 Å². The molecule has 0 radical (unpaired) electrons. The molecule has 100 valence electrons. The van der Waals surface area contributed by atoms with Gasteiger partial charge in [-0.25, -0.2) is 4.39 Å². The van der Waals surface area contributed by atoms with Gasteiger partial charge in [-0.3, -0.25) is 0 Å². The predicted octanol–water partition coefficient (Wildman–Crippen LogP) is 4.54. The van der Waals surface area contributed by atoms with Crippen LogP contribution in [0.25, 0.3) is 0 Å². The maximum absolute atomic E-state index is 12.9. The van der Waals surface area contributed by atoms with E-state index >= 15 is 0 Å². The Morgan fingerprint density at radius 1 is 1.28 bits per heavy atom. The van der Waals surface area contributed by atoms with Crippen molar-refractivity contribution in [3.8, 4) is 0 Å². The zero-order valence-electron chi connectivity index (χ0n) is 10.7. The van der Waals surface area contributed by atoms with Gasteiger partial charge in [0.25, 0.3) is 0 Å². The van der Waals surface area contributed by atoms with E-state index in [1.54, 1.807) is 6.07 Å². The Morgan fingerprint density at radius 2 is 2.06 bits per heavy atom. The molecule has 3 heteroatoms. The molecule has 0 spiro atoms. The van der Waals surface area contributed by atoms with E-state index in [-0.39, 0.29) is 5.82 Å². The van der Waals surface area contributed by atoms with Crippen molar-refractivity contribution in [3.63, 3.8) is 0 Å². The van der Waals surface area contributed by atoms with E-state index in [9.17, 15) is 4.39 Å². The average molecular weight is 270 g/mol. The topological polar surface area (TPSA) is 12.0 Å². The largest absolute Gasteiger partial charge is 0.313 e. The van der Waals surface area contributed by atoms with Gasteiger partial charge in [0.2, 0.25) is 0 Å². The van der Waals surface area contributed by atoms with Crippen molar-refractivity contribution in [2.24, 2.45) is 5.92 Å². The first-order valence-electron chi connectivity index (χ1n) is 6.90. The molecule has 0 unspecified atom stereocenters. The minimum atomic E-state index is -0.273. The second-order valence-electron chi connectivity index (χ2n) is 5.21. The number of benzene rings is 1. The van der Waals surface area contributed by atoms with Crippen LogP contribution in [-0.2, 0) is 6.54 Å². The molecule has 0 bridgehead atoms. The summed E-state index contributed by atoms with van der Waals surface area (Å²) in [5.41, 5.74) is 0.971. The molecule has 1 aliphatic rings. The number of rotatable bonds is 6. The van der Waals surface area contributed by atoms with Crippen molar-refractivity contribution < 1.29 is 4.39 Å². The summed E-state index contributed by atoms with van der Waals surface area (Å²) >= 11 is 5.97. The highest BCUT2D eigenvalue weighted by atomic mass is 35.5. The lowest BCUT2D eigenvalue weighted by atomic mass is 10.0. The van der Waals surface area contributed by atoms with E-state index in [4.69, 9.17) is 11.6 Å². The van der Waals surface area contributed by atoms with Crippen LogP contribution in [0.1, 0.15) is 44.1 Å². The van der Waals surface area contributed by atoms with Crippen LogP contribution in [-0.4, -0.2) is 6.54 Å². The SMILES string of the molecule is Fc1ccc(CNCCCC2CCCC2)c(Cl)c1. The van der Waals surface area contributed by atoms with E-state index in [1.807, 2.05) is 0 Å². The van der Waals surface area contributed by atoms with Gasteiger partial charge in [-0.1, -0.05) is 43.4 Å². The summed E-state index contributed by atoms with van der Waals surface area (Å²) in [5, 5.41) is 3.89. The summed E-state index contributed by atoms with van der Waals surface area (Å²) in [6.07, 6.45) is 8.24. The number of hydrogen-bond acceptors (Lipinski definition) is 1. The smallest absolute Gasteiger partial charge is 0.124 e. The van der Waals surface area contributed by atoms with Gasteiger partial charge in [0, 0.05) is 11.6 Å². The molecule has 1 nitrogen and oxygen atoms in total. The molecule has 1 aliphatic carbocycles. The van der Waals surface area contributed by atoms with Crippen LogP contribution in [0.15, 0.2) is 18.2 Å². The van der Waals surface area contributed by atoms with Crippen LogP contribution in [0.2, 0.25) is 5.02 Å². The van der Waals surface area contributed by atoms with E-state index in [0.717, 1.165) is 24.6 Å². The standard InChI is InChI=1S/C15H21ClFN/c16-15-10-14(17)8-7-13(15)11-18-9-3-6-12-4-1-2-5-12/h7-8,10,12,18H,1-6,9,11H2. The Kier molecular flexibility index (Phi) is 5.45. The van der Waals surface area contributed by atoms with Crippen molar-refractivity contribution in [2.45, 2.75) is 45.1 Å². The first-order chi connectivity index (χ1) is 8.75. The lowest BCUT2D eigenvalue weighted by Gasteiger charge is -2.10. The van der Waals surface area contributed by atoms with Crippen LogP contribution in [0.3, 0.4) is 0 Å². The van der Waals surface area contributed by atoms with Gasteiger partial charge in [-0.05, 0) is 43.0 Å². The van der Waals surface area contributed by atoms with Crippen LogP contribution in [0.5, 0.6) is 0 Å². The van der Waals surface area contributed by atoms with Gasteiger partial charge in [-0.15, -0.1) is 0 Å². The molecule has 0 saturated heterocycles. The van der Waals surface area contributed by atoms with Crippen LogP contribution in [0.4, 0.5) is 4.39 Å². The summed E-state index contributed by atoms with van der Waals surface area (Å²) in [4.78, 5) is 0. The lowest BCUT2D eigenvalue weighted by Crippen LogP contribution is -2.15. The fourth-order valence-electron chi connectivity index (χ4n) is 2.70. The Hall–Kier alpha value is -0.600. The first-order valence-corrected chi connectivity index (χ1v) is 7.28. The molecule has 1 saturated carbocycles. The normalized spacial score (nSPS) is 16.3. The molecule has 1 N–H and O–H groups in total. The molecular weight excluding hydrogens is 249 g/mol. The molecule has 2 rings (SSSR count). The van der Waals surface area contributed by atoms with Crippen LogP contribution >= 0.6 is 11.6 Å². The third-order valence-electron chi connectivity index (χ3n) is 3.77. The van der Waals surface area contributed by atoms with Crippen molar-refractivity contribution in [1.29, 1.82) is 0 Å². The van der Waals surface area contributed by atoms with Crippen molar-refractivity contribution in [2.75, 3.05) is 6.54 Å². The number of nitrogens with one attached hydrogen (secondary N) is 1.